The molecule has 68 heavy (non-hydrogen) atoms. The van der Waals surface area contributed by atoms with E-state index in [9.17, 15) is 28.8 Å². The molecule has 2 saturated heterocycles. The molecule has 4 aromatic carbocycles. The standard InChI is InChI=1S/C54H66N8O6/c1-33(55-3)49(63)59-47(53(67)61-31-11-21-45(61)51(65)57-43-19-9-15-37-13-5-7-17-41(37)43)39-27-23-35(24-28-39)36-25-29-40(30-26-36)48(60-50(64)34(2)56-4)54(68)62-32-12-22-46(62)52(66)58-44-20-10-16-38-14-6-8-18-42(38)44/h5-8,13-14,17-18,23-30,33-34,43-48,55-56H,9-12,15-16,19-22,31-32H2,1-4H3,(H,57,65)(H,58,66)(H,59,63)(H,60,64)/t33-,34+,43?,44?,45-,46-,47-,48?/m0/s1. The van der Waals surface area contributed by atoms with Crippen LogP contribution in [0.4, 0.5) is 0 Å². The highest BCUT2D eigenvalue weighted by Crippen LogP contribution is 2.34. The number of carbonyl (C=O) groups is 6. The van der Waals surface area contributed by atoms with Gasteiger partial charge in [-0.25, -0.2) is 0 Å². The summed E-state index contributed by atoms with van der Waals surface area (Å²) in [5.41, 5.74) is 7.52. The van der Waals surface area contributed by atoms with Crippen molar-refractivity contribution in [1.82, 2.24) is 41.7 Å². The van der Waals surface area contributed by atoms with Crippen LogP contribution in [0, 0.1) is 0 Å². The minimum Gasteiger partial charge on any atom is -0.347 e. The minimum atomic E-state index is -1.04. The van der Waals surface area contributed by atoms with Crippen LogP contribution in [0.25, 0.3) is 11.1 Å². The molecule has 2 fully saturated rings. The maximum atomic E-state index is 14.6. The van der Waals surface area contributed by atoms with Gasteiger partial charge >= 0.3 is 0 Å². The maximum Gasteiger partial charge on any atom is 0.250 e. The highest BCUT2D eigenvalue weighted by molar-refractivity contribution is 5.95. The lowest BCUT2D eigenvalue weighted by atomic mass is 9.87. The van der Waals surface area contributed by atoms with Gasteiger partial charge in [0.2, 0.25) is 35.4 Å². The van der Waals surface area contributed by atoms with Crippen LogP contribution in [-0.2, 0) is 41.6 Å². The van der Waals surface area contributed by atoms with E-state index in [0.717, 1.165) is 60.8 Å². The van der Waals surface area contributed by atoms with Crippen molar-refractivity contribution >= 4 is 35.4 Å². The molecule has 2 heterocycles. The zero-order chi connectivity index (χ0) is 47.9. The Balaban J connectivity index is 0.990. The molecule has 6 amide bonds. The molecule has 8 rings (SSSR count). The van der Waals surface area contributed by atoms with Crippen LogP contribution in [0.15, 0.2) is 97.1 Å². The zero-order valence-electron chi connectivity index (χ0n) is 39.7. The van der Waals surface area contributed by atoms with Gasteiger partial charge in [-0.05, 0) is 137 Å². The molecule has 6 N–H and O–H groups in total. The van der Waals surface area contributed by atoms with Gasteiger partial charge in [-0.2, -0.15) is 0 Å². The van der Waals surface area contributed by atoms with Crippen LogP contribution in [-0.4, -0.2) is 96.6 Å². The fraction of sp³-hybridized carbons (Fsp3) is 0.444. The topological polar surface area (TPSA) is 181 Å². The third kappa shape index (κ3) is 10.5. The number of hydrogen-bond donors (Lipinski definition) is 6. The molecule has 4 aliphatic rings. The monoisotopic (exact) mass is 923 g/mol. The molecule has 2 aliphatic carbocycles. The van der Waals surface area contributed by atoms with Crippen molar-refractivity contribution < 1.29 is 28.8 Å². The summed E-state index contributed by atoms with van der Waals surface area (Å²) >= 11 is 0. The molecular formula is C54H66N8O6. The van der Waals surface area contributed by atoms with Crippen molar-refractivity contribution in [1.29, 1.82) is 0 Å². The summed E-state index contributed by atoms with van der Waals surface area (Å²) in [6, 6.07) is 26.4. The summed E-state index contributed by atoms with van der Waals surface area (Å²) in [7, 11) is 3.36. The molecule has 0 radical (unpaired) electrons. The van der Waals surface area contributed by atoms with E-state index in [2.05, 4.69) is 56.2 Å². The number of benzene rings is 4. The van der Waals surface area contributed by atoms with E-state index in [1.54, 1.807) is 37.7 Å². The van der Waals surface area contributed by atoms with Crippen LogP contribution in [0.2, 0.25) is 0 Å². The first-order valence-corrected chi connectivity index (χ1v) is 24.5. The third-order valence-corrected chi connectivity index (χ3v) is 14.6. The Morgan fingerprint density at radius 3 is 1.26 bits per heavy atom. The van der Waals surface area contributed by atoms with Gasteiger partial charge < -0.3 is 41.7 Å². The number of likely N-dealkylation sites (N-methyl/N-ethyl adjacent to an activating group) is 2. The highest BCUT2D eigenvalue weighted by atomic mass is 16.2. The zero-order valence-corrected chi connectivity index (χ0v) is 39.7. The minimum absolute atomic E-state index is 0.119. The summed E-state index contributed by atoms with van der Waals surface area (Å²) in [6.07, 6.45) is 7.96. The second-order valence-electron chi connectivity index (χ2n) is 18.8. The lowest BCUT2D eigenvalue weighted by Gasteiger charge is -2.32. The average molecular weight is 923 g/mol. The fourth-order valence-corrected chi connectivity index (χ4v) is 10.4. The summed E-state index contributed by atoms with van der Waals surface area (Å²) in [5.74, 6) is -1.75. The Bertz CT molecular complexity index is 2310. The van der Waals surface area contributed by atoms with Crippen molar-refractivity contribution in [2.45, 2.75) is 126 Å². The molecule has 14 nitrogen and oxygen atoms in total. The van der Waals surface area contributed by atoms with Crippen molar-refractivity contribution in [3.05, 3.63) is 130 Å². The van der Waals surface area contributed by atoms with Gasteiger partial charge in [0.1, 0.15) is 24.2 Å². The molecule has 3 unspecified atom stereocenters. The lowest BCUT2D eigenvalue weighted by molar-refractivity contribution is -0.142. The number of fused-ring (bicyclic) bond motifs is 2. The first-order valence-electron chi connectivity index (χ1n) is 24.5. The van der Waals surface area contributed by atoms with Crippen LogP contribution in [0.1, 0.15) is 123 Å². The largest absolute Gasteiger partial charge is 0.347 e. The molecule has 8 atom stereocenters. The second kappa shape index (κ2) is 21.7. The Morgan fingerprint density at radius 1 is 0.500 bits per heavy atom. The Labute approximate surface area is 399 Å². The fourth-order valence-electron chi connectivity index (χ4n) is 10.4. The van der Waals surface area contributed by atoms with Gasteiger partial charge in [0.25, 0.3) is 0 Å². The maximum absolute atomic E-state index is 14.6. The number of hydrogen-bond acceptors (Lipinski definition) is 8. The van der Waals surface area contributed by atoms with Crippen molar-refractivity contribution in [3.63, 3.8) is 0 Å². The van der Waals surface area contributed by atoms with E-state index in [1.807, 2.05) is 72.8 Å². The van der Waals surface area contributed by atoms with Crippen molar-refractivity contribution in [2.24, 2.45) is 0 Å². The number of rotatable bonds is 15. The Hall–Kier alpha value is -6.38. The first kappa shape index (κ1) is 48.1. The number of aryl methyl sites for hydroxylation is 2. The van der Waals surface area contributed by atoms with Gasteiger partial charge in [-0.3, -0.25) is 28.8 Å². The molecule has 0 aromatic heterocycles. The predicted octanol–water partition coefficient (Wildman–Crippen LogP) is 5.25. The smallest absolute Gasteiger partial charge is 0.250 e. The van der Waals surface area contributed by atoms with Gasteiger partial charge in [0.05, 0.1) is 24.2 Å². The third-order valence-electron chi connectivity index (χ3n) is 14.6. The number of nitrogens with one attached hydrogen (secondary N) is 6. The summed E-state index contributed by atoms with van der Waals surface area (Å²) < 4.78 is 0. The van der Waals surface area contributed by atoms with Gasteiger partial charge in [0.15, 0.2) is 0 Å². The molecule has 0 saturated carbocycles. The molecular weight excluding hydrogens is 857 g/mol. The molecule has 358 valence electrons. The van der Waals surface area contributed by atoms with Crippen LogP contribution in [0.3, 0.4) is 0 Å². The first-order chi connectivity index (χ1) is 32.9. The van der Waals surface area contributed by atoms with Crippen LogP contribution >= 0.6 is 0 Å². The molecule has 14 heteroatoms. The van der Waals surface area contributed by atoms with E-state index in [-0.39, 0.29) is 47.5 Å². The second-order valence-corrected chi connectivity index (χ2v) is 18.8. The van der Waals surface area contributed by atoms with E-state index in [4.69, 9.17) is 0 Å². The Kier molecular flexibility index (Phi) is 15.4. The summed E-state index contributed by atoms with van der Waals surface area (Å²) in [4.78, 5) is 86.9. The van der Waals surface area contributed by atoms with Crippen LogP contribution < -0.4 is 31.9 Å². The van der Waals surface area contributed by atoms with Gasteiger partial charge in [-0.1, -0.05) is 97.1 Å². The molecule has 4 aromatic rings. The molecule has 0 spiro atoms. The molecule has 0 bridgehead atoms. The molecule has 2 aliphatic heterocycles. The Morgan fingerprint density at radius 2 is 0.882 bits per heavy atom. The van der Waals surface area contributed by atoms with Gasteiger partial charge in [0, 0.05) is 13.1 Å². The van der Waals surface area contributed by atoms with E-state index in [0.29, 0.717) is 49.9 Å². The number of nitrogens with zero attached hydrogens (tertiary/aromatic N) is 2. The highest BCUT2D eigenvalue weighted by Gasteiger charge is 2.41. The lowest BCUT2D eigenvalue weighted by Crippen LogP contribution is -2.52. The number of carbonyl (C=O) groups excluding carboxylic acids is 6. The number of likely N-dealkylation sites (tertiary alicyclic amines) is 2. The predicted molar refractivity (Wildman–Crippen MR) is 261 cm³/mol. The number of amides is 6. The van der Waals surface area contributed by atoms with E-state index >= 15 is 0 Å². The van der Waals surface area contributed by atoms with Gasteiger partial charge in [-0.15, -0.1) is 0 Å². The quantitative estimate of drug-likeness (QED) is 0.0936. The average Bonchev–Trinajstić information content (AvgIpc) is 4.08. The van der Waals surface area contributed by atoms with E-state index in [1.165, 1.54) is 11.1 Å². The normalized spacial score (nSPS) is 21.6. The van der Waals surface area contributed by atoms with Crippen molar-refractivity contribution in [2.75, 3.05) is 27.2 Å². The summed E-state index contributed by atoms with van der Waals surface area (Å²) in [6.45, 7) is 4.24. The SMILES string of the molecule is CN[C@@H](C)C(=O)N[C@H](C(=O)N1CCC[C@H]1C(=O)NC1CCCc2ccccc21)c1ccc(-c2ccc(C(NC(=O)[C@@H](C)NC)C(=O)N3CCC[C@H]3C(=O)NC3CCCc4ccccc43)cc2)cc1. The summed E-state index contributed by atoms with van der Waals surface area (Å²) in [5, 5.41) is 18.3. The van der Waals surface area contributed by atoms with Crippen LogP contribution in [0.5, 0.6) is 0 Å². The van der Waals surface area contributed by atoms with E-state index < -0.39 is 36.3 Å². The van der Waals surface area contributed by atoms with Crippen molar-refractivity contribution in [3.8, 4) is 11.1 Å².